The van der Waals surface area contributed by atoms with E-state index in [0.717, 1.165) is 15.8 Å². The monoisotopic (exact) mass is 380 g/mol. The van der Waals surface area contributed by atoms with E-state index in [4.69, 9.17) is 4.74 Å². The van der Waals surface area contributed by atoms with Gasteiger partial charge in [0.05, 0.1) is 5.69 Å². The highest BCUT2D eigenvalue weighted by molar-refractivity contribution is 5.44. The van der Waals surface area contributed by atoms with Crippen LogP contribution in [0.25, 0.3) is 11.4 Å². The quantitative estimate of drug-likeness (QED) is 0.530. The second kappa shape index (κ2) is 7.10. The van der Waals surface area contributed by atoms with Gasteiger partial charge in [0.2, 0.25) is 5.88 Å². The number of aromatic nitrogens is 6. The summed E-state index contributed by atoms with van der Waals surface area (Å²) in [5.74, 6) is -0.0377. The zero-order chi connectivity index (χ0) is 19.7. The summed E-state index contributed by atoms with van der Waals surface area (Å²) in [4.78, 5) is 12.2. The van der Waals surface area contributed by atoms with E-state index in [0.29, 0.717) is 17.3 Å². The van der Waals surface area contributed by atoms with Crippen molar-refractivity contribution in [2.24, 2.45) is 7.05 Å². The van der Waals surface area contributed by atoms with E-state index in [-0.39, 0.29) is 18.1 Å². The SMILES string of the molecule is Cc1cccc(-n2nnn(C)c2=O)c1COc1ccn(-c2ccccc2F)n1. The standard InChI is InChI=1S/C19H17FN6O2/c1-13-6-5-9-16(26-19(27)24(2)22-23-26)14(13)12-28-18-10-11-25(21-18)17-8-4-3-7-15(17)20/h3-11H,12H2,1-2H3. The highest BCUT2D eigenvalue weighted by Crippen LogP contribution is 2.20. The molecule has 28 heavy (non-hydrogen) atoms. The smallest absolute Gasteiger partial charge is 0.368 e. The third-order valence-electron chi connectivity index (χ3n) is 4.36. The molecule has 0 aliphatic rings. The molecule has 0 radical (unpaired) electrons. The van der Waals surface area contributed by atoms with Crippen LogP contribution in [0.4, 0.5) is 4.39 Å². The summed E-state index contributed by atoms with van der Waals surface area (Å²) in [6, 6.07) is 13.5. The summed E-state index contributed by atoms with van der Waals surface area (Å²) in [7, 11) is 1.53. The van der Waals surface area contributed by atoms with Crippen molar-refractivity contribution in [3.8, 4) is 17.3 Å². The van der Waals surface area contributed by atoms with E-state index >= 15 is 0 Å². The zero-order valence-electron chi connectivity index (χ0n) is 15.3. The van der Waals surface area contributed by atoms with Gasteiger partial charge < -0.3 is 4.74 Å². The van der Waals surface area contributed by atoms with Gasteiger partial charge >= 0.3 is 5.69 Å². The Morgan fingerprint density at radius 3 is 2.57 bits per heavy atom. The van der Waals surface area contributed by atoms with Crippen molar-refractivity contribution in [3.05, 3.63) is 82.2 Å². The summed E-state index contributed by atoms with van der Waals surface area (Å²) in [6.45, 7) is 2.08. The Labute approximate surface area is 159 Å². The Bertz CT molecular complexity index is 1190. The van der Waals surface area contributed by atoms with Gasteiger partial charge in [-0.15, -0.1) is 5.10 Å². The van der Waals surface area contributed by atoms with E-state index in [1.165, 1.54) is 22.5 Å². The lowest BCUT2D eigenvalue weighted by molar-refractivity contribution is 0.290. The third-order valence-corrected chi connectivity index (χ3v) is 4.36. The maximum Gasteiger partial charge on any atom is 0.368 e. The second-order valence-electron chi connectivity index (χ2n) is 6.21. The first-order valence-corrected chi connectivity index (χ1v) is 8.56. The van der Waals surface area contributed by atoms with E-state index in [9.17, 15) is 9.18 Å². The van der Waals surface area contributed by atoms with Crippen molar-refractivity contribution in [1.82, 2.24) is 29.6 Å². The first-order chi connectivity index (χ1) is 13.5. The first kappa shape index (κ1) is 17.7. The van der Waals surface area contributed by atoms with E-state index in [1.54, 1.807) is 36.5 Å². The molecule has 0 unspecified atom stereocenters. The Morgan fingerprint density at radius 1 is 1.04 bits per heavy atom. The molecule has 0 fully saturated rings. The molecule has 8 nitrogen and oxygen atoms in total. The molecule has 4 rings (SSSR count). The number of para-hydroxylation sites is 1. The molecule has 0 aliphatic heterocycles. The molecule has 0 aliphatic carbocycles. The Morgan fingerprint density at radius 2 is 1.82 bits per heavy atom. The molecule has 2 aromatic heterocycles. The van der Waals surface area contributed by atoms with Gasteiger partial charge in [0, 0.05) is 24.9 Å². The average Bonchev–Trinajstić information content (AvgIpc) is 3.28. The number of halogens is 1. The van der Waals surface area contributed by atoms with Crippen molar-refractivity contribution in [2.75, 3.05) is 0 Å². The number of aryl methyl sites for hydroxylation is 2. The molecular formula is C19H17FN6O2. The molecular weight excluding hydrogens is 363 g/mol. The minimum Gasteiger partial charge on any atom is -0.472 e. The molecule has 0 amide bonds. The van der Waals surface area contributed by atoms with Crippen LogP contribution in [-0.4, -0.2) is 29.6 Å². The van der Waals surface area contributed by atoms with E-state index < -0.39 is 0 Å². The molecule has 2 heterocycles. The summed E-state index contributed by atoms with van der Waals surface area (Å²) in [6.07, 6.45) is 1.62. The number of hydrogen-bond donors (Lipinski definition) is 0. The van der Waals surface area contributed by atoms with Crippen molar-refractivity contribution in [1.29, 1.82) is 0 Å². The molecule has 0 saturated heterocycles. The number of tetrazole rings is 1. The molecule has 142 valence electrons. The third kappa shape index (κ3) is 3.18. The van der Waals surface area contributed by atoms with Crippen molar-refractivity contribution in [3.63, 3.8) is 0 Å². The Balaban J connectivity index is 1.61. The van der Waals surface area contributed by atoms with Crippen LogP contribution in [0.2, 0.25) is 0 Å². The van der Waals surface area contributed by atoms with Crippen LogP contribution in [-0.2, 0) is 13.7 Å². The van der Waals surface area contributed by atoms with Crippen molar-refractivity contribution < 1.29 is 9.13 Å². The molecule has 0 bridgehead atoms. The number of hydrogen-bond acceptors (Lipinski definition) is 5. The average molecular weight is 380 g/mol. The fraction of sp³-hybridized carbons (Fsp3) is 0.158. The van der Waals surface area contributed by atoms with Crippen LogP contribution in [0.5, 0.6) is 5.88 Å². The summed E-state index contributed by atoms with van der Waals surface area (Å²) < 4.78 is 23.5. The predicted octanol–water partition coefficient (Wildman–Crippen LogP) is 2.18. The lowest BCUT2D eigenvalue weighted by Crippen LogP contribution is -2.23. The number of ether oxygens (including phenoxy) is 1. The molecule has 9 heteroatoms. The van der Waals surface area contributed by atoms with Gasteiger partial charge in [-0.25, -0.2) is 13.9 Å². The van der Waals surface area contributed by atoms with Crippen LogP contribution in [0.1, 0.15) is 11.1 Å². The minimum absolute atomic E-state index is 0.166. The maximum atomic E-state index is 13.9. The van der Waals surface area contributed by atoms with Gasteiger partial charge in [0.15, 0.2) is 0 Å². The second-order valence-corrected chi connectivity index (χ2v) is 6.21. The fourth-order valence-electron chi connectivity index (χ4n) is 2.84. The number of benzene rings is 2. The molecule has 2 aromatic carbocycles. The molecule has 0 atom stereocenters. The van der Waals surface area contributed by atoms with Crippen LogP contribution >= 0.6 is 0 Å². The van der Waals surface area contributed by atoms with Gasteiger partial charge in [-0.05, 0) is 41.1 Å². The van der Waals surface area contributed by atoms with Crippen molar-refractivity contribution >= 4 is 0 Å². The van der Waals surface area contributed by atoms with Crippen LogP contribution in [0.15, 0.2) is 59.5 Å². The summed E-state index contributed by atoms with van der Waals surface area (Å²) in [5.41, 5.74) is 2.29. The molecule has 0 N–H and O–H groups in total. The first-order valence-electron chi connectivity index (χ1n) is 8.56. The normalized spacial score (nSPS) is 11.0. The highest BCUT2D eigenvalue weighted by atomic mass is 19.1. The van der Waals surface area contributed by atoms with Gasteiger partial charge in [0.25, 0.3) is 0 Å². The Hall–Kier alpha value is -3.75. The van der Waals surface area contributed by atoms with Gasteiger partial charge in [0.1, 0.15) is 18.1 Å². The summed E-state index contributed by atoms with van der Waals surface area (Å²) >= 11 is 0. The highest BCUT2D eigenvalue weighted by Gasteiger charge is 2.14. The number of rotatable bonds is 5. The lowest BCUT2D eigenvalue weighted by Gasteiger charge is -2.11. The van der Waals surface area contributed by atoms with E-state index in [1.807, 2.05) is 19.1 Å². The molecule has 4 aromatic rings. The van der Waals surface area contributed by atoms with E-state index in [2.05, 4.69) is 15.5 Å². The number of nitrogens with zero attached hydrogens (tertiary/aromatic N) is 6. The van der Waals surface area contributed by atoms with Crippen LogP contribution < -0.4 is 10.4 Å². The maximum absolute atomic E-state index is 13.9. The van der Waals surface area contributed by atoms with Gasteiger partial charge in [-0.2, -0.15) is 9.36 Å². The Kier molecular flexibility index (Phi) is 4.48. The minimum atomic E-state index is -0.375. The summed E-state index contributed by atoms with van der Waals surface area (Å²) in [5, 5.41) is 11.9. The molecule has 0 spiro atoms. The predicted molar refractivity (Wildman–Crippen MR) is 99.2 cm³/mol. The van der Waals surface area contributed by atoms with Gasteiger partial charge in [-0.1, -0.05) is 24.3 Å². The topological polar surface area (TPSA) is 79.8 Å². The van der Waals surface area contributed by atoms with Crippen LogP contribution in [0.3, 0.4) is 0 Å². The molecule has 0 saturated carbocycles. The zero-order valence-corrected chi connectivity index (χ0v) is 15.3. The lowest BCUT2D eigenvalue weighted by atomic mass is 10.1. The van der Waals surface area contributed by atoms with Crippen molar-refractivity contribution in [2.45, 2.75) is 13.5 Å². The van der Waals surface area contributed by atoms with Gasteiger partial charge in [-0.3, -0.25) is 0 Å². The largest absolute Gasteiger partial charge is 0.472 e. The van der Waals surface area contributed by atoms with Crippen LogP contribution in [0, 0.1) is 12.7 Å². The fourth-order valence-corrected chi connectivity index (χ4v) is 2.84.